The molecular formula is C19H15FO2. The molecule has 2 nitrogen and oxygen atoms in total. The molecule has 0 saturated heterocycles. The van der Waals surface area contributed by atoms with Gasteiger partial charge in [-0.25, -0.2) is 9.18 Å². The lowest BCUT2D eigenvalue weighted by Gasteiger charge is -2.11. The monoisotopic (exact) mass is 294 g/mol. The molecule has 0 bridgehead atoms. The molecule has 0 saturated carbocycles. The van der Waals surface area contributed by atoms with E-state index in [1.54, 1.807) is 18.2 Å². The van der Waals surface area contributed by atoms with Crippen molar-refractivity contribution in [1.29, 1.82) is 0 Å². The second kappa shape index (κ2) is 5.98. The standard InChI is InChI=1S/C19H15FO2/c1-22-19(21)15-10-9-13-6-4-8-17(18(13)12-15)14-5-2-3-7-16(20)11-14/h2-10,12H,11H2,1H3. The van der Waals surface area contributed by atoms with Gasteiger partial charge in [0.05, 0.1) is 12.7 Å². The predicted molar refractivity (Wildman–Crippen MR) is 86.2 cm³/mol. The fourth-order valence-corrected chi connectivity index (χ4v) is 2.61. The van der Waals surface area contributed by atoms with Crippen molar-refractivity contribution in [2.24, 2.45) is 0 Å². The number of methoxy groups -OCH3 is 1. The Balaban J connectivity index is 2.17. The van der Waals surface area contributed by atoms with Crippen LogP contribution in [0.1, 0.15) is 22.3 Å². The molecule has 0 heterocycles. The van der Waals surface area contributed by atoms with Crippen molar-refractivity contribution in [3.63, 3.8) is 0 Å². The molecule has 1 aliphatic carbocycles. The average Bonchev–Trinajstić information content (AvgIpc) is 2.77. The molecular weight excluding hydrogens is 279 g/mol. The molecule has 0 unspecified atom stereocenters. The molecule has 1 aliphatic rings. The minimum absolute atomic E-state index is 0.180. The second-order valence-corrected chi connectivity index (χ2v) is 5.10. The Hall–Kier alpha value is -2.68. The Morgan fingerprint density at radius 3 is 2.77 bits per heavy atom. The van der Waals surface area contributed by atoms with Crippen molar-refractivity contribution in [1.82, 2.24) is 0 Å². The van der Waals surface area contributed by atoms with Gasteiger partial charge < -0.3 is 4.74 Å². The Morgan fingerprint density at radius 1 is 1.14 bits per heavy atom. The van der Waals surface area contributed by atoms with Crippen LogP contribution in [0.25, 0.3) is 16.3 Å². The van der Waals surface area contributed by atoms with Gasteiger partial charge in [0, 0.05) is 6.42 Å². The van der Waals surface area contributed by atoms with Gasteiger partial charge in [-0.2, -0.15) is 0 Å². The number of hydrogen-bond donors (Lipinski definition) is 0. The van der Waals surface area contributed by atoms with Gasteiger partial charge in [0.15, 0.2) is 0 Å². The molecule has 0 atom stereocenters. The number of esters is 1. The summed E-state index contributed by atoms with van der Waals surface area (Å²) in [5, 5.41) is 1.92. The molecule has 0 fully saturated rings. The van der Waals surface area contributed by atoms with E-state index in [2.05, 4.69) is 0 Å². The molecule has 0 radical (unpaired) electrons. The van der Waals surface area contributed by atoms with Gasteiger partial charge in [0.25, 0.3) is 0 Å². The van der Waals surface area contributed by atoms with Crippen molar-refractivity contribution in [2.45, 2.75) is 6.42 Å². The zero-order valence-electron chi connectivity index (χ0n) is 12.2. The third-order valence-electron chi connectivity index (χ3n) is 3.69. The van der Waals surface area contributed by atoms with E-state index >= 15 is 0 Å². The Morgan fingerprint density at radius 2 is 1.95 bits per heavy atom. The summed E-state index contributed by atoms with van der Waals surface area (Å²) in [6, 6.07) is 11.3. The lowest BCUT2D eigenvalue weighted by Crippen LogP contribution is -2.01. The summed E-state index contributed by atoms with van der Waals surface area (Å²) in [4.78, 5) is 11.7. The third kappa shape index (κ3) is 2.70. The smallest absolute Gasteiger partial charge is 0.337 e. The molecule has 3 heteroatoms. The molecule has 0 spiro atoms. The van der Waals surface area contributed by atoms with Crippen LogP contribution >= 0.6 is 0 Å². The summed E-state index contributed by atoms with van der Waals surface area (Å²) in [6.45, 7) is 0. The molecule has 0 amide bonds. The van der Waals surface area contributed by atoms with Gasteiger partial charge in [0.2, 0.25) is 0 Å². The predicted octanol–water partition coefficient (Wildman–Crippen LogP) is 4.82. The van der Waals surface area contributed by atoms with Crippen LogP contribution in [0.3, 0.4) is 0 Å². The summed E-state index contributed by atoms with van der Waals surface area (Å²) in [5.74, 6) is -0.557. The normalized spacial score (nSPS) is 14.3. The van der Waals surface area contributed by atoms with Gasteiger partial charge in [-0.3, -0.25) is 0 Å². The van der Waals surface area contributed by atoms with Gasteiger partial charge in [-0.1, -0.05) is 42.5 Å². The molecule has 2 aromatic carbocycles. The van der Waals surface area contributed by atoms with Crippen LogP contribution in [-0.4, -0.2) is 13.1 Å². The lowest BCUT2D eigenvalue weighted by molar-refractivity contribution is 0.0601. The fourth-order valence-electron chi connectivity index (χ4n) is 2.61. The molecule has 22 heavy (non-hydrogen) atoms. The van der Waals surface area contributed by atoms with Crippen LogP contribution in [0.15, 0.2) is 66.5 Å². The SMILES string of the molecule is COC(=O)c1ccc2cccc(C3=CC=CC=C(F)C3)c2c1. The first-order valence-corrected chi connectivity index (χ1v) is 7.02. The molecule has 0 N–H and O–H groups in total. The number of fused-ring (bicyclic) bond motifs is 1. The minimum Gasteiger partial charge on any atom is -0.465 e. The maximum absolute atomic E-state index is 13.7. The van der Waals surface area contributed by atoms with Crippen LogP contribution in [0.2, 0.25) is 0 Å². The van der Waals surface area contributed by atoms with Gasteiger partial charge in [-0.05, 0) is 40.1 Å². The largest absolute Gasteiger partial charge is 0.465 e. The van der Waals surface area contributed by atoms with E-state index in [0.717, 1.165) is 21.9 Å². The van der Waals surface area contributed by atoms with E-state index in [0.29, 0.717) is 5.56 Å². The van der Waals surface area contributed by atoms with Crippen LogP contribution in [-0.2, 0) is 4.74 Å². The Kier molecular flexibility index (Phi) is 3.88. The van der Waals surface area contributed by atoms with Crippen molar-refractivity contribution in [3.8, 4) is 0 Å². The maximum Gasteiger partial charge on any atom is 0.337 e. The highest BCUT2D eigenvalue weighted by Crippen LogP contribution is 2.31. The highest BCUT2D eigenvalue weighted by molar-refractivity contribution is 6.00. The van der Waals surface area contributed by atoms with Crippen LogP contribution in [0, 0.1) is 0 Å². The molecule has 0 aromatic heterocycles. The number of carbonyl (C=O) groups is 1. The van der Waals surface area contributed by atoms with Crippen molar-refractivity contribution >= 4 is 22.3 Å². The highest BCUT2D eigenvalue weighted by atomic mass is 19.1. The van der Waals surface area contributed by atoms with E-state index in [1.807, 2.05) is 36.4 Å². The summed E-state index contributed by atoms with van der Waals surface area (Å²) in [5.41, 5.74) is 2.30. The Bertz CT molecular complexity index is 828. The highest BCUT2D eigenvalue weighted by Gasteiger charge is 2.12. The molecule has 2 aromatic rings. The average molecular weight is 294 g/mol. The van der Waals surface area contributed by atoms with Crippen LogP contribution in [0.4, 0.5) is 4.39 Å². The second-order valence-electron chi connectivity index (χ2n) is 5.10. The van der Waals surface area contributed by atoms with Gasteiger partial charge >= 0.3 is 5.97 Å². The number of carbonyl (C=O) groups excluding carboxylic acids is 1. The van der Waals surface area contributed by atoms with Crippen molar-refractivity contribution in [3.05, 3.63) is 77.7 Å². The number of ether oxygens (including phenoxy) is 1. The van der Waals surface area contributed by atoms with Gasteiger partial charge in [-0.15, -0.1) is 0 Å². The topological polar surface area (TPSA) is 26.3 Å². The third-order valence-corrected chi connectivity index (χ3v) is 3.69. The first-order chi connectivity index (χ1) is 10.7. The minimum atomic E-state index is -0.377. The summed E-state index contributed by atoms with van der Waals surface area (Å²) in [6.07, 6.45) is 7.13. The fraction of sp³-hybridized carbons (Fsp3) is 0.105. The van der Waals surface area contributed by atoms with Crippen molar-refractivity contribution in [2.75, 3.05) is 7.11 Å². The summed E-state index contributed by atoms with van der Waals surface area (Å²) < 4.78 is 18.5. The quantitative estimate of drug-likeness (QED) is 0.742. The molecule has 0 aliphatic heterocycles. The van der Waals surface area contributed by atoms with E-state index in [-0.39, 0.29) is 18.2 Å². The zero-order valence-corrected chi connectivity index (χ0v) is 12.2. The maximum atomic E-state index is 13.7. The first kappa shape index (κ1) is 14.3. The van der Waals surface area contributed by atoms with E-state index in [4.69, 9.17) is 4.74 Å². The number of allylic oxidation sites excluding steroid dienone is 6. The van der Waals surface area contributed by atoms with Crippen LogP contribution in [0.5, 0.6) is 0 Å². The zero-order chi connectivity index (χ0) is 15.5. The van der Waals surface area contributed by atoms with E-state index < -0.39 is 0 Å². The molecule has 110 valence electrons. The number of halogens is 1. The van der Waals surface area contributed by atoms with Gasteiger partial charge in [0.1, 0.15) is 5.83 Å². The number of benzene rings is 2. The van der Waals surface area contributed by atoms with Crippen molar-refractivity contribution < 1.29 is 13.9 Å². The Labute approximate surface area is 128 Å². The number of rotatable bonds is 2. The molecule has 3 rings (SSSR count). The lowest BCUT2D eigenvalue weighted by atomic mass is 9.94. The first-order valence-electron chi connectivity index (χ1n) is 7.02. The van der Waals surface area contributed by atoms with E-state index in [1.165, 1.54) is 13.2 Å². The number of hydrogen-bond acceptors (Lipinski definition) is 2. The van der Waals surface area contributed by atoms with E-state index in [9.17, 15) is 9.18 Å². The van der Waals surface area contributed by atoms with Crippen LogP contribution < -0.4 is 0 Å². The summed E-state index contributed by atoms with van der Waals surface area (Å²) in [7, 11) is 1.36. The summed E-state index contributed by atoms with van der Waals surface area (Å²) >= 11 is 0.